The largest absolute Gasteiger partial charge is 0.355 e. The molecule has 1 aliphatic rings. The van der Waals surface area contributed by atoms with Gasteiger partial charge in [-0.25, -0.2) is 0 Å². The number of nitrogens with zero attached hydrogens (tertiary/aromatic N) is 3. The maximum Gasteiger partial charge on any atom is 0.191 e. The molecule has 1 unspecified atom stereocenters. The summed E-state index contributed by atoms with van der Waals surface area (Å²) in [5.74, 6) is 0.815. The van der Waals surface area contributed by atoms with Gasteiger partial charge in [0.15, 0.2) is 5.96 Å². The molecule has 1 atom stereocenters. The molecule has 1 aromatic carbocycles. The second kappa shape index (κ2) is 8.62. The van der Waals surface area contributed by atoms with Crippen LogP contribution in [0.5, 0.6) is 0 Å². The van der Waals surface area contributed by atoms with Crippen LogP contribution in [-0.4, -0.2) is 42.0 Å². The normalized spacial score (nSPS) is 16.2. The SMILES string of the molecule is CN=C(NCc1ccccn1)NCC(C)N1CCc2ccccc2C1. The van der Waals surface area contributed by atoms with Crippen LogP contribution in [-0.2, 0) is 19.5 Å². The second-order valence-corrected chi connectivity index (χ2v) is 6.47. The van der Waals surface area contributed by atoms with E-state index in [0.717, 1.165) is 37.7 Å². The highest BCUT2D eigenvalue weighted by Gasteiger charge is 2.20. The lowest BCUT2D eigenvalue weighted by Crippen LogP contribution is -2.47. The predicted molar refractivity (Wildman–Crippen MR) is 102 cm³/mol. The van der Waals surface area contributed by atoms with Crippen molar-refractivity contribution in [3.05, 3.63) is 65.5 Å². The molecule has 0 saturated carbocycles. The number of rotatable bonds is 5. The number of guanidine groups is 1. The third kappa shape index (κ3) is 4.79. The molecule has 132 valence electrons. The molecule has 0 saturated heterocycles. The molecule has 0 spiro atoms. The van der Waals surface area contributed by atoms with Crippen molar-refractivity contribution in [2.75, 3.05) is 20.1 Å². The fourth-order valence-corrected chi connectivity index (χ4v) is 3.16. The molecule has 0 bridgehead atoms. The predicted octanol–water partition coefficient (Wildman–Crippen LogP) is 2.19. The number of aliphatic imine (C=N–C) groups is 1. The van der Waals surface area contributed by atoms with Crippen molar-refractivity contribution >= 4 is 5.96 Å². The zero-order valence-corrected chi connectivity index (χ0v) is 15.1. The van der Waals surface area contributed by atoms with Crippen molar-refractivity contribution in [3.63, 3.8) is 0 Å². The van der Waals surface area contributed by atoms with E-state index in [9.17, 15) is 0 Å². The van der Waals surface area contributed by atoms with Crippen LogP contribution in [0.3, 0.4) is 0 Å². The number of aromatic nitrogens is 1. The van der Waals surface area contributed by atoms with Gasteiger partial charge in [-0.1, -0.05) is 30.3 Å². The van der Waals surface area contributed by atoms with Gasteiger partial charge in [0.05, 0.1) is 12.2 Å². The van der Waals surface area contributed by atoms with Gasteiger partial charge in [0.1, 0.15) is 0 Å². The molecule has 2 heterocycles. The average Bonchev–Trinajstić information content (AvgIpc) is 2.68. The standard InChI is InChI=1S/C20H27N5/c1-16(25-12-10-17-7-3-4-8-18(17)15-25)13-23-20(21-2)24-14-19-9-5-6-11-22-19/h3-9,11,16H,10,12-15H2,1-2H3,(H2,21,23,24). The molecule has 5 heteroatoms. The summed E-state index contributed by atoms with van der Waals surface area (Å²) in [7, 11) is 1.80. The van der Waals surface area contributed by atoms with Crippen LogP contribution in [0.2, 0.25) is 0 Å². The number of fused-ring (bicyclic) bond motifs is 1. The first-order chi connectivity index (χ1) is 12.3. The molecule has 0 radical (unpaired) electrons. The van der Waals surface area contributed by atoms with Crippen molar-refractivity contribution < 1.29 is 0 Å². The fraction of sp³-hybridized carbons (Fsp3) is 0.400. The van der Waals surface area contributed by atoms with E-state index in [1.807, 2.05) is 24.4 Å². The summed E-state index contributed by atoms with van der Waals surface area (Å²) in [6.45, 7) is 5.95. The van der Waals surface area contributed by atoms with Crippen molar-refractivity contribution in [1.29, 1.82) is 0 Å². The molecule has 1 aliphatic heterocycles. The first-order valence-corrected chi connectivity index (χ1v) is 8.91. The average molecular weight is 337 g/mol. The van der Waals surface area contributed by atoms with E-state index in [-0.39, 0.29) is 0 Å². The topological polar surface area (TPSA) is 52.6 Å². The third-order valence-corrected chi connectivity index (χ3v) is 4.74. The molecule has 1 aromatic heterocycles. The number of nitrogens with one attached hydrogen (secondary N) is 2. The Morgan fingerprint density at radius 1 is 1.16 bits per heavy atom. The highest BCUT2D eigenvalue weighted by molar-refractivity contribution is 5.79. The maximum atomic E-state index is 4.32. The summed E-state index contributed by atoms with van der Waals surface area (Å²) >= 11 is 0. The number of pyridine rings is 1. The molecule has 25 heavy (non-hydrogen) atoms. The van der Waals surface area contributed by atoms with E-state index < -0.39 is 0 Å². The van der Waals surface area contributed by atoms with Gasteiger partial charge in [0.2, 0.25) is 0 Å². The third-order valence-electron chi connectivity index (χ3n) is 4.74. The summed E-state index contributed by atoms with van der Waals surface area (Å²) in [4.78, 5) is 11.2. The highest BCUT2D eigenvalue weighted by atomic mass is 15.2. The molecule has 3 rings (SSSR count). The lowest BCUT2D eigenvalue weighted by molar-refractivity contribution is 0.191. The van der Waals surface area contributed by atoms with Crippen molar-refractivity contribution in [3.8, 4) is 0 Å². The van der Waals surface area contributed by atoms with Crippen LogP contribution in [0, 0.1) is 0 Å². The quantitative estimate of drug-likeness (QED) is 0.649. The summed E-state index contributed by atoms with van der Waals surface area (Å²) < 4.78 is 0. The van der Waals surface area contributed by atoms with E-state index in [2.05, 4.69) is 56.7 Å². The minimum absolute atomic E-state index is 0.446. The first-order valence-electron chi connectivity index (χ1n) is 8.91. The van der Waals surface area contributed by atoms with Crippen LogP contribution < -0.4 is 10.6 Å². The van der Waals surface area contributed by atoms with E-state index in [1.165, 1.54) is 11.1 Å². The molecule has 5 nitrogen and oxygen atoms in total. The maximum absolute atomic E-state index is 4.32. The van der Waals surface area contributed by atoms with Gasteiger partial charge in [-0.05, 0) is 36.6 Å². The molecule has 2 aromatic rings. The minimum atomic E-state index is 0.446. The Balaban J connectivity index is 1.47. The lowest BCUT2D eigenvalue weighted by Gasteiger charge is -2.34. The number of hydrogen-bond donors (Lipinski definition) is 2. The van der Waals surface area contributed by atoms with Crippen LogP contribution in [0.1, 0.15) is 23.7 Å². The molecule has 0 fully saturated rings. The van der Waals surface area contributed by atoms with Gasteiger partial charge in [-0.3, -0.25) is 14.9 Å². The smallest absolute Gasteiger partial charge is 0.191 e. The van der Waals surface area contributed by atoms with Crippen molar-refractivity contribution in [2.45, 2.75) is 32.5 Å². The van der Waals surface area contributed by atoms with Gasteiger partial charge in [0, 0.05) is 38.9 Å². The monoisotopic (exact) mass is 337 g/mol. The highest BCUT2D eigenvalue weighted by Crippen LogP contribution is 2.19. The molecule has 0 aliphatic carbocycles. The zero-order chi connectivity index (χ0) is 17.5. The Labute approximate surface area is 150 Å². The summed E-state index contributed by atoms with van der Waals surface area (Å²) in [6, 6.07) is 15.1. The van der Waals surface area contributed by atoms with Gasteiger partial charge in [-0.2, -0.15) is 0 Å². The second-order valence-electron chi connectivity index (χ2n) is 6.47. The molecular formula is C20H27N5. The van der Waals surface area contributed by atoms with E-state index in [0.29, 0.717) is 12.6 Å². The zero-order valence-electron chi connectivity index (χ0n) is 15.1. The van der Waals surface area contributed by atoms with E-state index >= 15 is 0 Å². The van der Waals surface area contributed by atoms with Crippen LogP contribution in [0.15, 0.2) is 53.7 Å². The van der Waals surface area contributed by atoms with Gasteiger partial charge >= 0.3 is 0 Å². The summed E-state index contributed by atoms with van der Waals surface area (Å²) in [5, 5.41) is 6.75. The van der Waals surface area contributed by atoms with Gasteiger partial charge < -0.3 is 10.6 Å². The van der Waals surface area contributed by atoms with Crippen LogP contribution >= 0.6 is 0 Å². The minimum Gasteiger partial charge on any atom is -0.355 e. The number of benzene rings is 1. The Kier molecular flexibility index (Phi) is 6.01. The fourth-order valence-electron chi connectivity index (χ4n) is 3.16. The lowest BCUT2D eigenvalue weighted by atomic mass is 9.99. The Bertz CT molecular complexity index is 698. The Morgan fingerprint density at radius 2 is 1.96 bits per heavy atom. The van der Waals surface area contributed by atoms with E-state index in [4.69, 9.17) is 0 Å². The summed E-state index contributed by atoms with van der Waals surface area (Å²) in [6.07, 6.45) is 2.94. The van der Waals surface area contributed by atoms with Crippen LogP contribution in [0.25, 0.3) is 0 Å². The molecule has 0 amide bonds. The number of hydrogen-bond acceptors (Lipinski definition) is 3. The first kappa shape index (κ1) is 17.4. The molecular weight excluding hydrogens is 310 g/mol. The Morgan fingerprint density at radius 3 is 2.72 bits per heavy atom. The molecule has 2 N–H and O–H groups in total. The Hall–Kier alpha value is -2.40. The van der Waals surface area contributed by atoms with Gasteiger partial charge in [-0.15, -0.1) is 0 Å². The summed E-state index contributed by atoms with van der Waals surface area (Å²) in [5.41, 5.74) is 3.95. The van der Waals surface area contributed by atoms with Crippen LogP contribution in [0.4, 0.5) is 0 Å². The van der Waals surface area contributed by atoms with Crippen molar-refractivity contribution in [1.82, 2.24) is 20.5 Å². The van der Waals surface area contributed by atoms with Gasteiger partial charge in [0.25, 0.3) is 0 Å². The van der Waals surface area contributed by atoms with E-state index in [1.54, 1.807) is 7.05 Å². The van der Waals surface area contributed by atoms with Crippen molar-refractivity contribution in [2.24, 2.45) is 4.99 Å².